The third kappa shape index (κ3) is 2.87. The summed E-state index contributed by atoms with van der Waals surface area (Å²) >= 11 is 0. The van der Waals surface area contributed by atoms with Crippen LogP contribution < -0.4 is 5.48 Å². The lowest BCUT2D eigenvalue weighted by molar-refractivity contribution is 0.0865. The van der Waals surface area contributed by atoms with Crippen molar-refractivity contribution in [2.45, 2.75) is 19.9 Å². The number of phenols is 1. The predicted molar refractivity (Wildman–Crippen MR) is 51.6 cm³/mol. The summed E-state index contributed by atoms with van der Waals surface area (Å²) in [5.41, 5.74) is 3.28. The number of hydrogen-bond acceptors (Lipinski definition) is 3. The number of rotatable bonds is 4. The molecule has 0 saturated heterocycles. The maximum atomic E-state index is 12.5. The van der Waals surface area contributed by atoms with Crippen molar-refractivity contribution in [2.24, 2.45) is 0 Å². The first-order chi connectivity index (χ1) is 7.06. The minimum Gasteiger partial charge on any atom is -0.507 e. The zero-order valence-corrected chi connectivity index (χ0v) is 8.55. The highest BCUT2D eigenvalue weighted by Gasteiger charge is 2.15. The Morgan fingerprint density at radius 1 is 1.47 bits per heavy atom. The Balaban J connectivity index is 3.00. The largest absolute Gasteiger partial charge is 0.507 e. The van der Waals surface area contributed by atoms with Crippen LogP contribution in [0.4, 0.5) is 8.78 Å². The number of phenolic OH excluding ortho intramolecular Hbond substituents is 1. The summed E-state index contributed by atoms with van der Waals surface area (Å²) in [4.78, 5) is 4.62. The average molecular weight is 217 g/mol. The van der Waals surface area contributed by atoms with E-state index in [4.69, 9.17) is 0 Å². The third-order valence-electron chi connectivity index (χ3n) is 2.05. The Hall–Kier alpha value is -1.20. The van der Waals surface area contributed by atoms with Crippen LogP contribution in [0, 0.1) is 6.92 Å². The Bertz CT molecular complexity index is 342. The molecule has 0 aromatic heterocycles. The standard InChI is InChI=1S/C10H13F2NO2/c1-6-3-7(5-13-15-2)4-8(9(6)14)10(11)12/h3-4,10,13-14H,5H2,1-2H3. The van der Waals surface area contributed by atoms with Crippen LogP contribution in [0.3, 0.4) is 0 Å². The smallest absolute Gasteiger partial charge is 0.267 e. The van der Waals surface area contributed by atoms with E-state index < -0.39 is 6.43 Å². The fourth-order valence-electron chi connectivity index (χ4n) is 1.31. The maximum Gasteiger partial charge on any atom is 0.267 e. The Labute approximate surface area is 86.6 Å². The molecule has 84 valence electrons. The fourth-order valence-corrected chi connectivity index (χ4v) is 1.31. The van der Waals surface area contributed by atoms with Crippen LogP contribution in [0.1, 0.15) is 23.1 Å². The topological polar surface area (TPSA) is 41.5 Å². The number of aromatic hydroxyl groups is 1. The van der Waals surface area contributed by atoms with Crippen molar-refractivity contribution in [1.82, 2.24) is 5.48 Å². The number of alkyl halides is 2. The Morgan fingerprint density at radius 3 is 2.67 bits per heavy atom. The highest BCUT2D eigenvalue weighted by molar-refractivity contribution is 5.43. The lowest BCUT2D eigenvalue weighted by Gasteiger charge is -2.10. The lowest BCUT2D eigenvalue weighted by Crippen LogP contribution is -2.11. The first kappa shape index (κ1) is 11.9. The van der Waals surface area contributed by atoms with E-state index in [1.54, 1.807) is 13.0 Å². The molecular formula is C10H13F2NO2. The van der Waals surface area contributed by atoms with Gasteiger partial charge in [-0.3, -0.25) is 0 Å². The quantitative estimate of drug-likeness (QED) is 0.760. The minimum atomic E-state index is -2.67. The molecule has 0 aliphatic heterocycles. The molecule has 0 spiro atoms. The van der Waals surface area contributed by atoms with E-state index >= 15 is 0 Å². The van der Waals surface area contributed by atoms with Crippen molar-refractivity contribution in [1.29, 1.82) is 0 Å². The van der Waals surface area contributed by atoms with Crippen LogP contribution in [-0.2, 0) is 11.4 Å². The lowest BCUT2D eigenvalue weighted by atomic mass is 10.1. The number of benzene rings is 1. The van der Waals surface area contributed by atoms with Gasteiger partial charge in [0.15, 0.2) is 0 Å². The molecule has 3 nitrogen and oxygen atoms in total. The van der Waals surface area contributed by atoms with E-state index in [2.05, 4.69) is 10.3 Å². The summed E-state index contributed by atoms with van der Waals surface area (Å²) in [5, 5.41) is 9.39. The second-order valence-electron chi connectivity index (χ2n) is 3.18. The van der Waals surface area contributed by atoms with Crippen LogP contribution in [-0.4, -0.2) is 12.2 Å². The molecule has 0 radical (unpaired) electrons. The van der Waals surface area contributed by atoms with Crippen molar-refractivity contribution in [3.8, 4) is 5.75 Å². The molecule has 0 fully saturated rings. The molecule has 0 aliphatic carbocycles. The number of nitrogens with one attached hydrogen (secondary N) is 1. The second-order valence-corrected chi connectivity index (χ2v) is 3.18. The summed E-state index contributed by atoms with van der Waals surface area (Å²) in [5.74, 6) is -0.342. The molecule has 1 rings (SSSR count). The molecule has 0 aliphatic rings. The van der Waals surface area contributed by atoms with Gasteiger partial charge in [0.2, 0.25) is 0 Å². The first-order valence-electron chi connectivity index (χ1n) is 4.42. The van der Waals surface area contributed by atoms with Gasteiger partial charge in [0.05, 0.1) is 12.7 Å². The fraction of sp³-hybridized carbons (Fsp3) is 0.400. The molecule has 0 bridgehead atoms. The van der Waals surface area contributed by atoms with E-state index in [0.29, 0.717) is 17.7 Å². The summed E-state index contributed by atoms with van der Waals surface area (Å²) in [7, 11) is 1.45. The zero-order chi connectivity index (χ0) is 11.4. The van der Waals surface area contributed by atoms with Gasteiger partial charge in [0.25, 0.3) is 6.43 Å². The highest BCUT2D eigenvalue weighted by atomic mass is 19.3. The zero-order valence-electron chi connectivity index (χ0n) is 8.55. The van der Waals surface area contributed by atoms with Gasteiger partial charge >= 0.3 is 0 Å². The number of hydrogen-bond donors (Lipinski definition) is 2. The first-order valence-corrected chi connectivity index (χ1v) is 4.42. The van der Waals surface area contributed by atoms with Gasteiger partial charge in [-0.05, 0) is 24.1 Å². The van der Waals surface area contributed by atoms with Crippen LogP contribution in [0.25, 0.3) is 0 Å². The third-order valence-corrected chi connectivity index (χ3v) is 2.05. The minimum absolute atomic E-state index is 0.317. The molecule has 1 aromatic carbocycles. The summed E-state index contributed by atoms with van der Waals surface area (Å²) < 4.78 is 25.0. The molecule has 2 N–H and O–H groups in total. The van der Waals surface area contributed by atoms with Crippen molar-refractivity contribution >= 4 is 0 Å². The highest BCUT2D eigenvalue weighted by Crippen LogP contribution is 2.31. The van der Waals surface area contributed by atoms with Gasteiger partial charge in [-0.25, -0.2) is 8.78 Å². The SMILES string of the molecule is CONCc1cc(C)c(O)c(C(F)F)c1. The van der Waals surface area contributed by atoms with E-state index in [-0.39, 0.29) is 11.3 Å². The monoisotopic (exact) mass is 217 g/mol. The van der Waals surface area contributed by atoms with Gasteiger partial charge in [0.1, 0.15) is 5.75 Å². The molecule has 15 heavy (non-hydrogen) atoms. The van der Waals surface area contributed by atoms with Gasteiger partial charge < -0.3 is 9.94 Å². The molecule has 0 amide bonds. The molecule has 0 heterocycles. The number of aryl methyl sites for hydroxylation is 1. The number of hydroxylamine groups is 1. The van der Waals surface area contributed by atoms with E-state index in [0.717, 1.165) is 0 Å². The van der Waals surface area contributed by atoms with E-state index in [1.165, 1.54) is 13.2 Å². The molecule has 1 aromatic rings. The average Bonchev–Trinajstić information content (AvgIpc) is 2.19. The Kier molecular flexibility index (Phi) is 3.99. The van der Waals surface area contributed by atoms with Crippen molar-refractivity contribution < 1.29 is 18.7 Å². The maximum absolute atomic E-state index is 12.5. The summed E-state index contributed by atoms with van der Waals surface area (Å²) in [6, 6.07) is 2.90. The van der Waals surface area contributed by atoms with Crippen molar-refractivity contribution in [3.63, 3.8) is 0 Å². The van der Waals surface area contributed by atoms with E-state index in [1.807, 2.05) is 0 Å². The van der Waals surface area contributed by atoms with Gasteiger partial charge in [-0.2, -0.15) is 5.48 Å². The Morgan fingerprint density at radius 2 is 2.13 bits per heavy atom. The van der Waals surface area contributed by atoms with Gasteiger partial charge in [-0.1, -0.05) is 6.07 Å². The second kappa shape index (κ2) is 5.04. The molecule has 5 heteroatoms. The van der Waals surface area contributed by atoms with E-state index in [9.17, 15) is 13.9 Å². The van der Waals surface area contributed by atoms with Gasteiger partial charge in [0, 0.05) is 6.54 Å². The molecule has 0 atom stereocenters. The molecular weight excluding hydrogens is 204 g/mol. The summed E-state index contributed by atoms with van der Waals surface area (Å²) in [6.07, 6.45) is -2.67. The van der Waals surface area contributed by atoms with Crippen LogP contribution in [0.2, 0.25) is 0 Å². The van der Waals surface area contributed by atoms with Crippen molar-refractivity contribution in [3.05, 3.63) is 28.8 Å². The van der Waals surface area contributed by atoms with Crippen molar-refractivity contribution in [2.75, 3.05) is 7.11 Å². The van der Waals surface area contributed by atoms with Crippen LogP contribution in [0.5, 0.6) is 5.75 Å². The predicted octanol–water partition coefficient (Wildman–Crippen LogP) is 2.29. The van der Waals surface area contributed by atoms with Gasteiger partial charge in [-0.15, -0.1) is 0 Å². The summed E-state index contributed by atoms with van der Waals surface area (Å²) in [6.45, 7) is 1.90. The molecule has 0 unspecified atom stereocenters. The normalized spacial score (nSPS) is 11.0. The van der Waals surface area contributed by atoms with Crippen LogP contribution in [0.15, 0.2) is 12.1 Å². The van der Waals surface area contributed by atoms with Crippen LogP contribution >= 0.6 is 0 Å². The number of halogens is 2. The molecule has 0 saturated carbocycles.